The molecule has 0 bridgehead atoms. The summed E-state index contributed by atoms with van der Waals surface area (Å²) in [6.45, 7) is 4.01. The summed E-state index contributed by atoms with van der Waals surface area (Å²) < 4.78 is 21.4. The van der Waals surface area contributed by atoms with Gasteiger partial charge in [0.2, 0.25) is 23.6 Å². The van der Waals surface area contributed by atoms with Crippen molar-refractivity contribution in [1.82, 2.24) is 16.0 Å². The number of Topliss-reactive ketones (excluding diaryl/α,β-unsaturated/α-hetero) is 1. The van der Waals surface area contributed by atoms with Crippen LogP contribution in [0.2, 0.25) is 0 Å². The third-order valence-electron chi connectivity index (χ3n) is 10.1. The van der Waals surface area contributed by atoms with Crippen LogP contribution in [0, 0.1) is 5.92 Å². The van der Waals surface area contributed by atoms with Gasteiger partial charge in [-0.05, 0) is 44.9 Å². The highest BCUT2D eigenvalue weighted by atomic mass is 16.5. The number of primary amides is 1. The normalized spacial score (nSPS) is 12.1. The number of carboxylic acid groups (broad SMARTS) is 2. The molecule has 0 unspecified atom stereocenters. The molecule has 0 aliphatic rings. The smallest absolute Gasteiger partial charge is 0.326 e. The maximum atomic E-state index is 12.3. The summed E-state index contributed by atoms with van der Waals surface area (Å²) in [5, 5.41) is 26.2. The number of nitrogens with two attached hydrogens (primary N) is 1. The molecule has 17 heteroatoms. The second-order valence-electron chi connectivity index (χ2n) is 15.5. The van der Waals surface area contributed by atoms with E-state index in [-0.39, 0.29) is 120 Å². The molecule has 4 amide bonds. The number of nitrogens with one attached hydrogen (secondary N) is 3. The molecule has 0 saturated heterocycles. The number of carbonyl (C=O) groups is 7. The summed E-state index contributed by atoms with van der Waals surface area (Å²) in [5.41, 5.74) is 5.33. The van der Waals surface area contributed by atoms with Crippen molar-refractivity contribution in [3.63, 3.8) is 0 Å². The monoisotopic (exact) mass is 873 g/mol. The molecule has 0 spiro atoms. The Morgan fingerprint density at radius 2 is 0.984 bits per heavy atom. The van der Waals surface area contributed by atoms with Gasteiger partial charge in [0.1, 0.15) is 25.0 Å². The van der Waals surface area contributed by atoms with Crippen LogP contribution >= 0.6 is 0 Å². The van der Waals surface area contributed by atoms with Crippen LogP contribution in [-0.2, 0) is 52.5 Å². The first-order chi connectivity index (χ1) is 29.5. The molecule has 0 heterocycles. The zero-order valence-electron chi connectivity index (χ0n) is 37.2. The quantitative estimate of drug-likeness (QED) is 0.0441. The maximum Gasteiger partial charge on any atom is 0.326 e. The SMILES string of the molecule is CC[C@@H](CCCCNC(=O)COCCOCCNC(=O)COCCOCCCC(=O)CC[C@H](NC(=O)CCCCCCCCCCCCCCCCC(=O)O)C(=O)O)C(N)=O. The number of unbranched alkanes of at least 4 members (excludes halogenated alkanes) is 14. The summed E-state index contributed by atoms with van der Waals surface area (Å²) in [6.07, 6.45) is 19.4. The van der Waals surface area contributed by atoms with Crippen molar-refractivity contribution < 1.29 is 62.7 Å². The summed E-state index contributed by atoms with van der Waals surface area (Å²) >= 11 is 0. The first kappa shape index (κ1) is 57.3. The number of aliphatic carboxylic acids is 2. The van der Waals surface area contributed by atoms with Gasteiger partial charge in [0.25, 0.3) is 0 Å². The third-order valence-corrected chi connectivity index (χ3v) is 10.1. The number of rotatable bonds is 46. The first-order valence-corrected chi connectivity index (χ1v) is 22.9. The lowest BCUT2D eigenvalue weighted by molar-refractivity contribution is -0.142. The number of carbonyl (C=O) groups excluding carboxylic acids is 5. The number of hydrogen-bond acceptors (Lipinski definition) is 11. The van der Waals surface area contributed by atoms with Crippen molar-refractivity contribution in [2.75, 3.05) is 65.9 Å². The molecule has 0 aromatic carbocycles. The van der Waals surface area contributed by atoms with Crippen molar-refractivity contribution in [2.45, 2.75) is 167 Å². The Balaban J connectivity index is 3.65. The molecule has 0 saturated carbocycles. The summed E-state index contributed by atoms with van der Waals surface area (Å²) in [4.78, 5) is 81.8. The molecule has 0 fully saturated rings. The van der Waals surface area contributed by atoms with Crippen molar-refractivity contribution in [1.29, 1.82) is 0 Å². The zero-order chi connectivity index (χ0) is 45.2. The molecule has 17 nitrogen and oxygen atoms in total. The zero-order valence-corrected chi connectivity index (χ0v) is 37.2. The van der Waals surface area contributed by atoms with Gasteiger partial charge in [-0.2, -0.15) is 0 Å². The number of hydrogen-bond donors (Lipinski definition) is 6. The molecule has 0 rings (SSSR count). The molecular formula is C44H80N4O13. The van der Waals surface area contributed by atoms with E-state index in [4.69, 9.17) is 29.8 Å². The van der Waals surface area contributed by atoms with E-state index >= 15 is 0 Å². The molecule has 0 aliphatic carbocycles. The molecular weight excluding hydrogens is 792 g/mol. The van der Waals surface area contributed by atoms with Crippen LogP contribution in [0.25, 0.3) is 0 Å². The van der Waals surface area contributed by atoms with Crippen LogP contribution in [0.4, 0.5) is 0 Å². The predicted molar refractivity (Wildman–Crippen MR) is 231 cm³/mol. The van der Waals surface area contributed by atoms with Crippen LogP contribution in [0.1, 0.15) is 161 Å². The fourth-order valence-electron chi connectivity index (χ4n) is 6.43. The second kappa shape index (κ2) is 41.7. The predicted octanol–water partition coefficient (Wildman–Crippen LogP) is 4.99. The fourth-order valence-corrected chi connectivity index (χ4v) is 6.43. The number of carboxylic acids is 2. The minimum absolute atomic E-state index is 0.0356. The molecule has 0 radical (unpaired) electrons. The third kappa shape index (κ3) is 40.2. The lowest BCUT2D eigenvalue weighted by Gasteiger charge is -2.14. The van der Waals surface area contributed by atoms with Gasteiger partial charge >= 0.3 is 11.9 Å². The highest BCUT2D eigenvalue weighted by Crippen LogP contribution is 2.14. The molecule has 7 N–H and O–H groups in total. The van der Waals surface area contributed by atoms with E-state index < -0.39 is 18.0 Å². The molecule has 2 atom stereocenters. The number of ether oxygens (including phenoxy) is 4. The average molecular weight is 873 g/mol. The Morgan fingerprint density at radius 3 is 1.49 bits per heavy atom. The minimum Gasteiger partial charge on any atom is -0.481 e. The van der Waals surface area contributed by atoms with E-state index in [9.17, 15) is 38.7 Å². The first-order valence-electron chi connectivity index (χ1n) is 22.9. The average Bonchev–Trinajstić information content (AvgIpc) is 3.22. The van der Waals surface area contributed by atoms with Crippen molar-refractivity contribution >= 4 is 41.4 Å². The molecule has 61 heavy (non-hydrogen) atoms. The second-order valence-corrected chi connectivity index (χ2v) is 15.5. The Hall–Kier alpha value is -3.67. The van der Waals surface area contributed by atoms with Gasteiger partial charge in [0.15, 0.2) is 0 Å². The highest BCUT2D eigenvalue weighted by molar-refractivity contribution is 5.84. The molecule has 0 aliphatic heterocycles. The topological polar surface area (TPSA) is 259 Å². The van der Waals surface area contributed by atoms with Gasteiger partial charge in [-0.1, -0.05) is 90.4 Å². The Labute approximate surface area is 364 Å². The molecule has 0 aromatic heterocycles. The van der Waals surface area contributed by atoms with Crippen LogP contribution in [0.15, 0.2) is 0 Å². The lowest BCUT2D eigenvalue weighted by Crippen LogP contribution is -2.41. The van der Waals surface area contributed by atoms with Crippen LogP contribution in [0.3, 0.4) is 0 Å². The van der Waals surface area contributed by atoms with Gasteiger partial charge in [-0.25, -0.2) is 4.79 Å². The van der Waals surface area contributed by atoms with E-state index in [1.54, 1.807) is 0 Å². The Bertz CT molecular complexity index is 1190. The van der Waals surface area contributed by atoms with E-state index in [2.05, 4.69) is 16.0 Å². The highest BCUT2D eigenvalue weighted by Gasteiger charge is 2.21. The van der Waals surface area contributed by atoms with Gasteiger partial charge in [-0.3, -0.25) is 28.8 Å². The largest absolute Gasteiger partial charge is 0.481 e. The summed E-state index contributed by atoms with van der Waals surface area (Å²) in [7, 11) is 0. The Kier molecular flexibility index (Phi) is 39.2. The van der Waals surface area contributed by atoms with Gasteiger partial charge in [0, 0.05) is 51.3 Å². The van der Waals surface area contributed by atoms with Gasteiger partial charge in [-0.15, -0.1) is 0 Å². The molecule has 354 valence electrons. The van der Waals surface area contributed by atoms with E-state index in [1.807, 2.05) is 6.92 Å². The standard InChI is InChI=1S/C44H80N4O13/c1-2-36(43(45)55)20-17-18-26-46-40(51)34-61-33-31-59-29-27-47-41(52)35-60-32-30-58-28-19-21-37(49)24-25-38(44(56)57)48-39(50)22-15-13-11-9-7-5-3-4-6-8-10-12-14-16-23-42(53)54/h36,38H,2-35H2,1H3,(H2,45,55)(H,46,51)(H,47,52)(H,48,50)(H,53,54)(H,56,57)/t36-,38-/m0/s1. The van der Waals surface area contributed by atoms with Crippen LogP contribution in [0.5, 0.6) is 0 Å². The van der Waals surface area contributed by atoms with Crippen molar-refractivity contribution in [3.8, 4) is 0 Å². The van der Waals surface area contributed by atoms with Gasteiger partial charge in [0.05, 0.1) is 33.0 Å². The van der Waals surface area contributed by atoms with Crippen molar-refractivity contribution in [3.05, 3.63) is 0 Å². The van der Waals surface area contributed by atoms with Gasteiger partial charge < -0.3 is 50.8 Å². The maximum absolute atomic E-state index is 12.3. The number of ketones is 1. The van der Waals surface area contributed by atoms with Crippen molar-refractivity contribution in [2.24, 2.45) is 11.7 Å². The van der Waals surface area contributed by atoms with E-state index in [0.29, 0.717) is 38.8 Å². The van der Waals surface area contributed by atoms with E-state index in [0.717, 1.165) is 51.4 Å². The van der Waals surface area contributed by atoms with E-state index in [1.165, 1.54) is 44.9 Å². The summed E-state index contributed by atoms with van der Waals surface area (Å²) in [6, 6.07) is -1.10. The Morgan fingerprint density at radius 1 is 0.492 bits per heavy atom. The minimum atomic E-state index is -1.16. The molecule has 0 aromatic rings. The van der Waals surface area contributed by atoms with Crippen LogP contribution in [-0.4, -0.2) is 124 Å². The number of amides is 4. The summed E-state index contributed by atoms with van der Waals surface area (Å²) in [5.74, 6) is -3.22. The van der Waals surface area contributed by atoms with Crippen LogP contribution < -0.4 is 21.7 Å². The fraction of sp³-hybridized carbons (Fsp3) is 0.841. The lowest BCUT2D eigenvalue weighted by atomic mass is 9.99.